The molecule has 1 fully saturated rings. The summed E-state index contributed by atoms with van der Waals surface area (Å²) in [6.07, 6.45) is -4.65. The Balaban J connectivity index is 2.04. The smallest absolute Gasteiger partial charge is 0.394 e. The van der Waals surface area contributed by atoms with E-state index in [2.05, 4.69) is 5.32 Å². The Morgan fingerprint density at radius 1 is 1.26 bits per heavy atom. The van der Waals surface area contributed by atoms with Crippen LogP contribution in [-0.2, 0) is 4.79 Å². The van der Waals surface area contributed by atoms with E-state index in [1.807, 2.05) is 6.07 Å². The number of amides is 2. The number of alkyl halides is 3. The van der Waals surface area contributed by atoms with Gasteiger partial charge in [-0.3, -0.25) is 4.79 Å². The van der Waals surface area contributed by atoms with Crippen LogP contribution in [0.15, 0.2) is 30.3 Å². The number of likely N-dealkylation sites (tertiary alicyclic amines) is 1. The molecule has 0 aliphatic carbocycles. The lowest BCUT2D eigenvalue weighted by Gasteiger charge is -2.21. The van der Waals surface area contributed by atoms with E-state index in [1.165, 1.54) is 0 Å². The zero-order valence-corrected chi connectivity index (χ0v) is 12.4. The van der Waals surface area contributed by atoms with E-state index in [0.29, 0.717) is 0 Å². The molecule has 1 aliphatic rings. The van der Waals surface area contributed by atoms with Crippen LogP contribution in [0.2, 0.25) is 0 Å². The number of carboxylic acids is 1. The van der Waals surface area contributed by atoms with Gasteiger partial charge in [0.1, 0.15) is 0 Å². The first-order valence-electron chi connectivity index (χ1n) is 7.10. The number of carboxylic acid groups (broad SMARTS) is 1. The third-order valence-corrected chi connectivity index (χ3v) is 3.98. The molecule has 1 aliphatic heterocycles. The Kier molecular flexibility index (Phi) is 4.82. The third-order valence-electron chi connectivity index (χ3n) is 3.98. The van der Waals surface area contributed by atoms with Crippen LogP contribution < -0.4 is 5.32 Å². The second-order valence-corrected chi connectivity index (χ2v) is 5.58. The fourth-order valence-electron chi connectivity index (χ4n) is 2.65. The van der Waals surface area contributed by atoms with Crippen molar-refractivity contribution < 1.29 is 27.9 Å². The van der Waals surface area contributed by atoms with E-state index >= 15 is 0 Å². The highest BCUT2D eigenvalue weighted by Crippen LogP contribution is 2.37. The van der Waals surface area contributed by atoms with Crippen molar-refractivity contribution in [3.8, 4) is 0 Å². The van der Waals surface area contributed by atoms with Gasteiger partial charge in [-0.05, 0) is 12.5 Å². The number of halogens is 3. The molecule has 1 saturated heterocycles. The van der Waals surface area contributed by atoms with Gasteiger partial charge in [0.15, 0.2) is 0 Å². The number of rotatable bonds is 3. The van der Waals surface area contributed by atoms with Crippen LogP contribution in [0.5, 0.6) is 0 Å². The average Bonchev–Trinajstić information content (AvgIpc) is 2.93. The van der Waals surface area contributed by atoms with Crippen LogP contribution in [-0.4, -0.2) is 41.3 Å². The highest BCUT2D eigenvalue weighted by atomic mass is 19.4. The molecule has 5 nitrogen and oxygen atoms in total. The highest BCUT2D eigenvalue weighted by molar-refractivity contribution is 5.78. The number of aliphatic carboxylic acids is 1. The standard InChI is InChI=1S/C15H17F3N2O3/c1-9(10-5-3-2-4-6-10)19-14(23)20-7-11(13(21)22)12(8-20)15(16,17)18/h2-6,9,11-12H,7-8H2,1H3,(H,19,23)(H,21,22)/t9-,11-,12-/m1/s1. The molecule has 23 heavy (non-hydrogen) atoms. The molecular formula is C15H17F3N2O3. The summed E-state index contributed by atoms with van der Waals surface area (Å²) >= 11 is 0. The molecule has 126 valence electrons. The quantitative estimate of drug-likeness (QED) is 0.895. The van der Waals surface area contributed by atoms with Gasteiger partial charge in [0.25, 0.3) is 0 Å². The molecule has 0 aromatic heterocycles. The first-order valence-corrected chi connectivity index (χ1v) is 7.10. The second kappa shape index (κ2) is 6.47. The molecule has 0 spiro atoms. The second-order valence-electron chi connectivity index (χ2n) is 5.58. The summed E-state index contributed by atoms with van der Waals surface area (Å²) in [6.45, 7) is 0.611. The van der Waals surface area contributed by atoms with Gasteiger partial charge < -0.3 is 15.3 Å². The van der Waals surface area contributed by atoms with E-state index in [0.717, 1.165) is 10.5 Å². The van der Waals surface area contributed by atoms with Crippen LogP contribution in [0, 0.1) is 11.8 Å². The number of hydrogen-bond donors (Lipinski definition) is 2. The van der Waals surface area contributed by atoms with Gasteiger partial charge in [-0.1, -0.05) is 30.3 Å². The maximum atomic E-state index is 12.9. The van der Waals surface area contributed by atoms with Crippen molar-refractivity contribution in [2.75, 3.05) is 13.1 Å². The number of carbonyl (C=O) groups is 2. The molecular weight excluding hydrogens is 313 g/mol. The van der Waals surface area contributed by atoms with E-state index in [9.17, 15) is 22.8 Å². The molecule has 0 bridgehead atoms. The predicted molar refractivity (Wildman–Crippen MR) is 75.6 cm³/mol. The molecule has 2 N–H and O–H groups in total. The van der Waals surface area contributed by atoms with Crippen LogP contribution in [0.4, 0.5) is 18.0 Å². The normalized spacial score (nSPS) is 22.7. The van der Waals surface area contributed by atoms with Crippen molar-refractivity contribution in [2.24, 2.45) is 11.8 Å². The van der Waals surface area contributed by atoms with E-state index in [4.69, 9.17) is 5.11 Å². The molecule has 2 amide bonds. The largest absolute Gasteiger partial charge is 0.481 e. The van der Waals surface area contributed by atoms with Crippen molar-refractivity contribution in [2.45, 2.75) is 19.1 Å². The topological polar surface area (TPSA) is 69.6 Å². The third kappa shape index (κ3) is 3.94. The maximum absolute atomic E-state index is 12.9. The molecule has 2 rings (SSSR count). The minimum absolute atomic E-state index is 0.392. The van der Waals surface area contributed by atoms with Crippen molar-refractivity contribution >= 4 is 12.0 Å². The van der Waals surface area contributed by atoms with E-state index < -0.39 is 49.1 Å². The molecule has 1 heterocycles. The lowest BCUT2D eigenvalue weighted by molar-refractivity contribution is -0.187. The number of nitrogens with one attached hydrogen (secondary N) is 1. The molecule has 0 saturated carbocycles. The first kappa shape index (κ1) is 17.1. The summed E-state index contributed by atoms with van der Waals surface area (Å²) in [5.41, 5.74) is 0.808. The van der Waals surface area contributed by atoms with E-state index in [-0.39, 0.29) is 0 Å². The van der Waals surface area contributed by atoms with Gasteiger partial charge in [0, 0.05) is 13.1 Å². The van der Waals surface area contributed by atoms with E-state index in [1.54, 1.807) is 31.2 Å². The van der Waals surface area contributed by atoms with Crippen LogP contribution >= 0.6 is 0 Å². The fourth-order valence-corrected chi connectivity index (χ4v) is 2.65. The van der Waals surface area contributed by atoms with Crippen molar-refractivity contribution in [3.63, 3.8) is 0 Å². The Labute approximate surface area is 131 Å². The van der Waals surface area contributed by atoms with Crippen molar-refractivity contribution in [1.82, 2.24) is 10.2 Å². The summed E-state index contributed by atoms with van der Waals surface area (Å²) < 4.78 is 38.7. The SMILES string of the molecule is C[C@@H](NC(=O)N1C[C@@H](C(F)(F)F)[C@H](C(=O)O)C1)c1ccccc1. The van der Waals surface area contributed by atoms with Crippen LogP contribution in [0.3, 0.4) is 0 Å². The molecule has 0 unspecified atom stereocenters. The number of hydrogen-bond acceptors (Lipinski definition) is 2. The first-order chi connectivity index (χ1) is 10.7. The Morgan fingerprint density at radius 3 is 2.35 bits per heavy atom. The summed E-state index contributed by atoms with van der Waals surface area (Å²) in [7, 11) is 0. The summed E-state index contributed by atoms with van der Waals surface area (Å²) in [5, 5.41) is 11.5. The molecule has 8 heteroatoms. The Morgan fingerprint density at radius 2 is 1.87 bits per heavy atom. The number of benzene rings is 1. The Hall–Kier alpha value is -2.25. The lowest BCUT2D eigenvalue weighted by Crippen LogP contribution is -2.40. The maximum Gasteiger partial charge on any atom is 0.394 e. The predicted octanol–water partition coefficient (Wildman–Crippen LogP) is 2.65. The summed E-state index contributed by atoms with van der Waals surface area (Å²) in [5.74, 6) is -5.22. The molecule has 0 radical (unpaired) electrons. The summed E-state index contributed by atoms with van der Waals surface area (Å²) in [4.78, 5) is 24.0. The van der Waals surface area contributed by atoms with Crippen LogP contribution in [0.25, 0.3) is 0 Å². The monoisotopic (exact) mass is 330 g/mol. The zero-order valence-electron chi connectivity index (χ0n) is 12.4. The zero-order chi connectivity index (χ0) is 17.2. The van der Waals surface area contributed by atoms with Gasteiger partial charge in [-0.15, -0.1) is 0 Å². The fraction of sp³-hybridized carbons (Fsp3) is 0.467. The van der Waals surface area contributed by atoms with Gasteiger partial charge in [0.2, 0.25) is 0 Å². The number of urea groups is 1. The van der Waals surface area contributed by atoms with Gasteiger partial charge >= 0.3 is 18.2 Å². The lowest BCUT2D eigenvalue weighted by atomic mass is 9.96. The highest BCUT2D eigenvalue weighted by Gasteiger charge is 2.53. The Bertz CT molecular complexity index is 577. The number of carbonyl (C=O) groups excluding carboxylic acids is 1. The van der Waals surface area contributed by atoms with Gasteiger partial charge in [0.05, 0.1) is 17.9 Å². The molecule has 3 atom stereocenters. The summed E-state index contributed by atoms with van der Waals surface area (Å²) in [6, 6.07) is 7.86. The van der Waals surface area contributed by atoms with Gasteiger partial charge in [-0.25, -0.2) is 4.79 Å². The minimum Gasteiger partial charge on any atom is -0.481 e. The molecule has 1 aromatic carbocycles. The van der Waals surface area contributed by atoms with Crippen molar-refractivity contribution in [3.05, 3.63) is 35.9 Å². The van der Waals surface area contributed by atoms with Crippen molar-refractivity contribution in [1.29, 1.82) is 0 Å². The van der Waals surface area contributed by atoms with Gasteiger partial charge in [-0.2, -0.15) is 13.2 Å². The van der Waals surface area contributed by atoms with Crippen LogP contribution in [0.1, 0.15) is 18.5 Å². The minimum atomic E-state index is -4.65. The molecule has 1 aromatic rings. The average molecular weight is 330 g/mol. The number of nitrogens with zero attached hydrogens (tertiary/aromatic N) is 1.